The molecule has 0 radical (unpaired) electrons. The lowest BCUT2D eigenvalue weighted by atomic mass is 9.96. The number of likely N-dealkylation sites (tertiary alicyclic amines) is 1. The molecule has 0 saturated carbocycles. The van der Waals surface area contributed by atoms with Crippen LogP contribution in [-0.4, -0.2) is 45.4 Å². The monoisotopic (exact) mass is 332 g/mol. The average molecular weight is 332 g/mol. The number of aliphatic hydroxyl groups excluding tert-OH is 1. The van der Waals surface area contributed by atoms with Crippen LogP contribution in [0.4, 0.5) is 0 Å². The fraction of sp³-hybridized carbons (Fsp3) is 0.500. The minimum Gasteiger partial charge on any atom is -0.393 e. The molecule has 2 N–H and O–H groups in total. The number of nitrogens with zero attached hydrogens (tertiary/aromatic N) is 2. The summed E-state index contributed by atoms with van der Waals surface area (Å²) in [6, 6.07) is 8.33. The van der Waals surface area contributed by atoms with Gasteiger partial charge in [-0.25, -0.2) is 4.98 Å². The van der Waals surface area contributed by atoms with Gasteiger partial charge in [-0.1, -0.05) is 24.3 Å². The van der Waals surface area contributed by atoms with Gasteiger partial charge in [-0.3, -0.25) is 4.90 Å². The van der Waals surface area contributed by atoms with Crippen LogP contribution in [0.5, 0.6) is 0 Å². The van der Waals surface area contributed by atoms with Crippen molar-refractivity contribution in [1.82, 2.24) is 9.88 Å². The topological polar surface area (TPSA) is 56.6 Å². The predicted molar refractivity (Wildman–Crippen MR) is 93.5 cm³/mol. The Kier molecular flexibility index (Phi) is 5.11. The summed E-state index contributed by atoms with van der Waals surface area (Å²) in [5.74, 6) is 0. The largest absolute Gasteiger partial charge is 0.393 e. The van der Waals surface area contributed by atoms with E-state index in [2.05, 4.69) is 28.9 Å². The summed E-state index contributed by atoms with van der Waals surface area (Å²) < 4.78 is 0. The van der Waals surface area contributed by atoms with E-state index in [1.165, 1.54) is 16.0 Å². The minimum atomic E-state index is -0.894. The van der Waals surface area contributed by atoms with Crippen LogP contribution < -0.4 is 0 Å². The Hall–Kier alpha value is -1.27. The lowest BCUT2D eigenvalue weighted by Gasteiger charge is -2.24. The van der Waals surface area contributed by atoms with Crippen molar-refractivity contribution in [2.24, 2.45) is 0 Å². The standard InChI is InChI=1S/C18H24N2O2S/c1-14-5-2-3-6-16(14)17-19-11-15(23-17)12-20-9-4-7-18(22,13-21)8-10-20/h2-3,5-6,11,21-22H,4,7-10,12-13H2,1H3/t18-/m0/s1. The summed E-state index contributed by atoms with van der Waals surface area (Å²) in [6.07, 6.45) is 4.19. The molecule has 2 heterocycles. The first-order chi connectivity index (χ1) is 11.1. The molecule has 3 rings (SSSR count). The normalized spacial score (nSPS) is 22.9. The molecule has 5 heteroatoms. The Morgan fingerprint density at radius 3 is 2.87 bits per heavy atom. The van der Waals surface area contributed by atoms with E-state index < -0.39 is 5.60 Å². The van der Waals surface area contributed by atoms with Crippen molar-refractivity contribution < 1.29 is 10.2 Å². The first-order valence-corrected chi connectivity index (χ1v) is 8.98. The van der Waals surface area contributed by atoms with Gasteiger partial charge >= 0.3 is 0 Å². The summed E-state index contributed by atoms with van der Waals surface area (Å²) >= 11 is 1.74. The van der Waals surface area contributed by atoms with E-state index in [4.69, 9.17) is 0 Å². The molecule has 2 aromatic rings. The number of hydrogen-bond donors (Lipinski definition) is 2. The Morgan fingerprint density at radius 2 is 2.09 bits per heavy atom. The second-order valence-electron chi connectivity index (χ2n) is 6.46. The van der Waals surface area contributed by atoms with Gasteiger partial charge in [-0.2, -0.15) is 0 Å². The molecule has 0 spiro atoms. The maximum atomic E-state index is 10.2. The lowest BCUT2D eigenvalue weighted by Crippen LogP contribution is -2.34. The lowest BCUT2D eigenvalue weighted by molar-refractivity contribution is -0.0255. The average Bonchev–Trinajstić information content (AvgIpc) is 2.92. The zero-order valence-corrected chi connectivity index (χ0v) is 14.4. The SMILES string of the molecule is Cc1ccccc1-c1ncc(CN2CCC[C@@](O)(CO)CC2)s1. The molecule has 1 aromatic carbocycles. The van der Waals surface area contributed by atoms with Crippen molar-refractivity contribution in [3.63, 3.8) is 0 Å². The van der Waals surface area contributed by atoms with Gasteiger partial charge in [-0.15, -0.1) is 11.3 Å². The number of aromatic nitrogens is 1. The smallest absolute Gasteiger partial charge is 0.123 e. The Bertz CT molecular complexity index is 658. The molecule has 1 fully saturated rings. The minimum absolute atomic E-state index is 0.140. The first kappa shape index (κ1) is 16.6. The van der Waals surface area contributed by atoms with Crippen molar-refractivity contribution in [2.45, 2.75) is 38.3 Å². The van der Waals surface area contributed by atoms with E-state index in [-0.39, 0.29) is 6.61 Å². The van der Waals surface area contributed by atoms with Crippen molar-refractivity contribution in [1.29, 1.82) is 0 Å². The third kappa shape index (κ3) is 3.98. The second kappa shape index (κ2) is 7.09. The van der Waals surface area contributed by atoms with E-state index in [1.807, 2.05) is 18.3 Å². The zero-order valence-electron chi connectivity index (χ0n) is 13.5. The fourth-order valence-corrected chi connectivity index (χ4v) is 4.13. The number of thiazole rings is 1. The molecule has 1 saturated heterocycles. The summed E-state index contributed by atoms with van der Waals surface area (Å²) in [4.78, 5) is 8.18. The number of aliphatic hydroxyl groups is 2. The van der Waals surface area contributed by atoms with Crippen LogP contribution >= 0.6 is 11.3 Å². The predicted octanol–water partition coefficient (Wildman–Crippen LogP) is 2.83. The number of rotatable bonds is 4. The third-order valence-electron chi connectivity index (χ3n) is 4.61. The van der Waals surface area contributed by atoms with Crippen molar-refractivity contribution in [2.75, 3.05) is 19.7 Å². The quantitative estimate of drug-likeness (QED) is 0.904. The van der Waals surface area contributed by atoms with Crippen LogP contribution in [-0.2, 0) is 6.54 Å². The van der Waals surface area contributed by atoms with Crippen molar-refractivity contribution in [3.05, 3.63) is 40.9 Å². The molecule has 1 aromatic heterocycles. The maximum Gasteiger partial charge on any atom is 0.123 e. The molecule has 4 nitrogen and oxygen atoms in total. The van der Waals surface area contributed by atoms with E-state index in [0.29, 0.717) is 12.8 Å². The van der Waals surface area contributed by atoms with Gasteiger partial charge in [0.15, 0.2) is 0 Å². The van der Waals surface area contributed by atoms with Crippen LogP contribution in [0.1, 0.15) is 29.7 Å². The Morgan fingerprint density at radius 1 is 1.26 bits per heavy atom. The number of aryl methyl sites for hydroxylation is 1. The summed E-state index contributed by atoms with van der Waals surface area (Å²) in [7, 11) is 0. The summed E-state index contributed by atoms with van der Waals surface area (Å²) in [6.45, 7) is 4.61. The molecule has 1 atom stereocenters. The molecule has 23 heavy (non-hydrogen) atoms. The maximum absolute atomic E-state index is 10.2. The van der Waals surface area contributed by atoms with Crippen molar-refractivity contribution in [3.8, 4) is 10.6 Å². The highest BCUT2D eigenvalue weighted by Gasteiger charge is 2.29. The number of hydrogen-bond acceptors (Lipinski definition) is 5. The van der Waals surface area contributed by atoms with Gasteiger partial charge in [0.05, 0.1) is 12.2 Å². The molecular formula is C18H24N2O2S. The Labute approximate surface area is 141 Å². The van der Waals surface area contributed by atoms with Crippen molar-refractivity contribution >= 4 is 11.3 Å². The van der Waals surface area contributed by atoms with Crippen LogP contribution in [0, 0.1) is 6.92 Å². The fourth-order valence-electron chi connectivity index (χ4n) is 3.09. The van der Waals surface area contributed by atoms with E-state index in [9.17, 15) is 10.2 Å². The molecule has 0 aliphatic carbocycles. The zero-order chi connectivity index (χ0) is 16.3. The van der Waals surface area contributed by atoms with Crippen LogP contribution in [0.2, 0.25) is 0 Å². The molecular weight excluding hydrogens is 308 g/mol. The van der Waals surface area contributed by atoms with Crippen LogP contribution in [0.15, 0.2) is 30.5 Å². The van der Waals surface area contributed by atoms with Gasteiger partial charge in [0.1, 0.15) is 5.01 Å². The van der Waals surface area contributed by atoms with Crippen LogP contribution in [0.25, 0.3) is 10.6 Å². The second-order valence-corrected chi connectivity index (χ2v) is 7.57. The third-order valence-corrected chi connectivity index (χ3v) is 5.63. The Balaban J connectivity index is 1.67. The summed E-state index contributed by atoms with van der Waals surface area (Å²) in [5, 5.41) is 20.6. The van der Waals surface area contributed by atoms with Crippen LogP contribution in [0.3, 0.4) is 0 Å². The highest BCUT2D eigenvalue weighted by Crippen LogP contribution is 2.29. The molecule has 0 amide bonds. The molecule has 1 aliphatic rings. The highest BCUT2D eigenvalue weighted by atomic mass is 32.1. The highest BCUT2D eigenvalue weighted by molar-refractivity contribution is 7.15. The van der Waals surface area contributed by atoms with E-state index >= 15 is 0 Å². The van der Waals surface area contributed by atoms with Gasteiger partial charge in [0.2, 0.25) is 0 Å². The molecule has 0 unspecified atom stereocenters. The van der Waals surface area contributed by atoms with E-state index in [1.54, 1.807) is 11.3 Å². The van der Waals surface area contributed by atoms with Gasteiger partial charge in [-0.05, 0) is 38.3 Å². The first-order valence-electron chi connectivity index (χ1n) is 8.16. The van der Waals surface area contributed by atoms with Gasteiger partial charge < -0.3 is 10.2 Å². The molecule has 124 valence electrons. The molecule has 1 aliphatic heterocycles. The summed E-state index contributed by atoms with van der Waals surface area (Å²) in [5.41, 5.74) is 1.56. The van der Waals surface area contributed by atoms with E-state index in [0.717, 1.165) is 31.1 Å². The molecule has 0 bridgehead atoms. The van der Waals surface area contributed by atoms with Gasteiger partial charge in [0.25, 0.3) is 0 Å². The van der Waals surface area contributed by atoms with Gasteiger partial charge in [0, 0.05) is 29.7 Å². The number of benzene rings is 1.